The quantitative estimate of drug-likeness (QED) is 0.283. The first-order chi connectivity index (χ1) is 16.5. The molecule has 5 rings (SSSR count). The molecule has 3 aromatic carbocycles. The van der Waals surface area contributed by atoms with Crippen LogP contribution in [-0.4, -0.2) is 22.8 Å². The number of carbonyl (C=O) groups excluding carboxylic acids is 1. The lowest BCUT2D eigenvalue weighted by Gasteiger charge is -2.18. The van der Waals surface area contributed by atoms with Crippen LogP contribution in [0.3, 0.4) is 0 Å². The van der Waals surface area contributed by atoms with E-state index in [1.807, 2.05) is 49.4 Å². The Balaban J connectivity index is 1.46. The molecule has 2 heterocycles. The number of hydrogen-bond acceptors (Lipinski definition) is 7. The Morgan fingerprint density at radius 3 is 2.68 bits per heavy atom. The zero-order valence-electron chi connectivity index (χ0n) is 18.1. The zero-order valence-corrected chi connectivity index (χ0v) is 19.0. The molecule has 9 heteroatoms. The highest BCUT2D eigenvalue weighted by molar-refractivity contribution is 8.13. The fourth-order valence-electron chi connectivity index (χ4n) is 3.58. The van der Waals surface area contributed by atoms with Gasteiger partial charge in [-0.25, -0.2) is 4.99 Å². The molecule has 0 radical (unpaired) electrons. The molecule has 8 nitrogen and oxygen atoms in total. The van der Waals surface area contributed by atoms with Crippen LogP contribution in [0.2, 0.25) is 0 Å². The molecule has 0 saturated heterocycles. The molecular formula is C25H19N3O5S. The van der Waals surface area contributed by atoms with Crippen LogP contribution >= 0.6 is 11.8 Å². The van der Waals surface area contributed by atoms with Crippen LogP contribution in [0.1, 0.15) is 16.7 Å². The van der Waals surface area contributed by atoms with E-state index in [4.69, 9.17) is 9.47 Å². The number of non-ortho nitro benzene ring substituents is 1. The molecule has 0 unspecified atom stereocenters. The van der Waals surface area contributed by atoms with E-state index in [-0.39, 0.29) is 18.4 Å². The molecule has 34 heavy (non-hydrogen) atoms. The highest BCUT2D eigenvalue weighted by atomic mass is 32.2. The van der Waals surface area contributed by atoms with E-state index in [1.54, 1.807) is 23.1 Å². The molecule has 1 amide bonds. The minimum atomic E-state index is -0.421. The third-order valence-electron chi connectivity index (χ3n) is 5.31. The summed E-state index contributed by atoms with van der Waals surface area (Å²) < 4.78 is 10.8. The first-order valence-corrected chi connectivity index (χ1v) is 11.4. The number of amidine groups is 1. The van der Waals surface area contributed by atoms with Crippen molar-refractivity contribution in [1.82, 2.24) is 0 Å². The zero-order chi connectivity index (χ0) is 23.7. The minimum absolute atomic E-state index is 0.0290. The maximum Gasteiger partial charge on any atom is 0.283 e. The van der Waals surface area contributed by atoms with Crippen LogP contribution in [0.4, 0.5) is 11.4 Å². The summed E-state index contributed by atoms with van der Waals surface area (Å²) >= 11 is 1.35. The second-order valence-corrected chi connectivity index (χ2v) is 8.67. The van der Waals surface area contributed by atoms with Crippen LogP contribution in [-0.2, 0) is 10.5 Å². The number of nitrogens with zero attached hydrogens (tertiary/aromatic N) is 3. The van der Waals surface area contributed by atoms with Crippen molar-refractivity contribution < 1.29 is 19.2 Å². The van der Waals surface area contributed by atoms with Crippen LogP contribution in [0.25, 0.3) is 6.08 Å². The summed E-state index contributed by atoms with van der Waals surface area (Å²) in [6.45, 7) is 2.15. The van der Waals surface area contributed by atoms with Crippen molar-refractivity contribution in [1.29, 1.82) is 0 Å². The van der Waals surface area contributed by atoms with Gasteiger partial charge < -0.3 is 9.47 Å². The summed E-state index contributed by atoms with van der Waals surface area (Å²) in [5.41, 5.74) is 3.64. The van der Waals surface area contributed by atoms with Gasteiger partial charge in [0.05, 0.1) is 10.6 Å². The predicted molar refractivity (Wildman–Crippen MR) is 131 cm³/mol. The van der Waals surface area contributed by atoms with Gasteiger partial charge in [-0.1, -0.05) is 47.7 Å². The van der Waals surface area contributed by atoms with Gasteiger partial charge in [0.1, 0.15) is 5.70 Å². The van der Waals surface area contributed by atoms with Gasteiger partial charge in [-0.3, -0.25) is 19.8 Å². The maximum atomic E-state index is 13.4. The van der Waals surface area contributed by atoms with Gasteiger partial charge in [-0.2, -0.15) is 0 Å². The third-order valence-corrected chi connectivity index (χ3v) is 6.32. The van der Waals surface area contributed by atoms with Crippen molar-refractivity contribution in [2.75, 3.05) is 11.7 Å². The second-order valence-electron chi connectivity index (χ2n) is 7.73. The third kappa shape index (κ3) is 4.38. The van der Waals surface area contributed by atoms with Crippen LogP contribution < -0.4 is 14.4 Å². The number of ether oxygens (including phenoxy) is 2. The molecule has 3 aromatic rings. The Hall–Kier alpha value is -4.11. The van der Waals surface area contributed by atoms with Gasteiger partial charge in [0.2, 0.25) is 6.79 Å². The Morgan fingerprint density at radius 1 is 1.09 bits per heavy atom. The van der Waals surface area contributed by atoms with E-state index in [0.29, 0.717) is 33.8 Å². The average Bonchev–Trinajstić information content (AvgIpc) is 3.42. The number of fused-ring (bicyclic) bond motifs is 1. The van der Waals surface area contributed by atoms with Gasteiger partial charge in [0.25, 0.3) is 11.6 Å². The largest absolute Gasteiger partial charge is 0.454 e. The number of nitro groups is 1. The van der Waals surface area contributed by atoms with Crippen molar-refractivity contribution in [3.63, 3.8) is 0 Å². The Morgan fingerprint density at radius 2 is 1.88 bits per heavy atom. The smallest absolute Gasteiger partial charge is 0.283 e. The molecule has 0 aromatic heterocycles. The molecule has 2 aliphatic heterocycles. The maximum absolute atomic E-state index is 13.4. The number of amides is 1. The topological polar surface area (TPSA) is 94.3 Å². The van der Waals surface area contributed by atoms with Crippen molar-refractivity contribution in [3.05, 3.63) is 99.2 Å². The Labute approximate surface area is 199 Å². The minimum Gasteiger partial charge on any atom is -0.454 e. The number of anilines is 1. The molecule has 0 bridgehead atoms. The Bertz CT molecular complexity index is 1350. The highest BCUT2D eigenvalue weighted by Crippen LogP contribution is 2.35. The summed E-state index contributed by atoms with van der Waals surface area (Å²) in [5.74, 6) is 1.47. The molecule has 170 valence electrons. The van der Waals surface area contributed by atoms with Crippen LogP contribution in [0.5, 0.6) is 11.5 Å². The van der Waals surface area contributed by atoms with E-state index < -0.39 is 4.92 Å². The highest BCUT2D eigenvalue weighted by Gasteiger charge is 2.32. The van der Waals surface area contributed by atoms with E-state index in [9.17, 15) is 14.9 Å². The van der Waals surface area contributed by atoms with E-state index >= 15 is 0 Å². The standard InChI is InChI=1S/C25H19N3O5S/c1-16-5-8-19(9-6-16)27-24(29)21(12-17-7-10-22-23(13-17)33-15-32-22)26-25(27)34-14-18-3-2-4-20(11-18)28(30)31/h2-13H,14-15H2,1H3. The van der Waals surface area contributed by atoms with Gasteiger partial charge in [-0.05, 0) is 48.4 Å². The van der Waals surface area contributed by atoms with Crippen LogP contribution in [0.15, 0.2) is 77.4 Å². The lowest BCUT2D eigenvalue weighted by molar-refractivity contribution is -0.384. The SMILES string of the molecule is Cc1ccc(N2C(=O)C(=Cc3ccc4c(c3)OCO4)N=C2SCc2cccc([N+](=O)[O-])c2)cc1. The molecule has 0 fully saturated rings. The fraction of sp³-hybridized carbons (Fsp3) is 0.120. The lowest BCUT2D eigenvalue weighted by Crippen LogP contribution is -2.30. The van der Waals surface area contributed by atoms with Crippen molar-refractivity contribution in [3.8, 4) is 11.5 Å². The van der Waals surface area contributed by atoms with E-state index in [0.717, 1.165) is 16.7 Å². The number of nitro benzene ring substituents is 1. The van der Waals surface area contributed by atoms with Crippen molar-refractivity contribution in [2.24, 2.45) is 4.99 Å². The normalized spacial score (nSPS) is 15.7. The molecule has 0 N–H and O–H groups in total. The molecule has 0 saturated carbocycles. The molecule has 0 aliphatic carbocycles. The summed E-state index contributed by atoms with van der Waals surface area (Å²) in [4.78, 5) is 30.3. The number of aliphatic imine (C=N–C) groups is 1. The molecule has 0 atom stereocenters. The molecule has 2 aliphatic rings. The Kier molecular flexibility index (Phi) is 5.77. The number of benzene rings is 3. The predicted octanol–water partition coefficient (Wildman–Crippen LogP) is 5.31. The molecular weight excluding hydrogens is 454 g/mol. The van der Waals surface area contributed by atoms with Crippen molar-refractivity contribution in [2.45, 2.75) is 12.7 Å². The van der Waals surface area contributed by atoms with Gasteiger partial charge in [-0.15, -0.1) is 0 Å². The van der Waals surface area contributed by atoms with E-state index in [2.05, 4.69) is 4.99 Å². The summed E-state index contributed by atoms with van der Waals surface area (Å²) in [6.07, 6.45) is 1.71. The van der Waals surface area contributed by atoms with Crippen molar-refractivity contribution >= 4 is 40.3 Å². The van der Waals surface area contributed by atoms with Gasteiger partial charge in [0.15, 0.2) is 16.7 Å². The number of aryl methyl sites for hydroxylation is 1. The first kappa shape index (κ1) is 21.7. The molecule has 0 spiro atoms. The fourth-order valence-corrected chi connectivity index (χ4v) is 4.54. The van der Waals surface area contributed by atoms with Gasteiger partial charge >= 0.3 is 0 Å². The number of carbonyl (C=O) groups is 1. The number of thioether (sulfide) groups is 1. The monoisotopic (exact) mass is 473 g/mol. The number of rotatable bonds is 5. The summed E-state index contributed by atoms with van der Waals surface area (Å²) in [7, 11) is 0. The summed E-state index contributed by atoms with van der Waals surface area (Å²) in [5, 5.41) is 11.6. The van der Waals surface area contributed by atoms with E-state index in [1.165, 1.54) is 23.9 Å². The lowest BCUT2D eigenvalue weighted by atomic mass is 10.1. The van der Waals surface area contributed by atoms with Crippen LogP contribution in [0, 0.1) is 17.0 Å². The van der Waals surface area contributed by atoms with Gasteiger partial charge in [0, 0.05) is 17.9 Å². The first-order valence-electron chi connectivity index (χ1n) is 10.5. The summed E-state index contributed by atoms with van der Waals surface area (Å²) in [6, 6.07) is 19.5. The average molecular weight is 474 g/mol. The second kappa shape index (κ2) is 9.03. The number of hydrogen-bond donors (Lipinski definition) is 0.